The lowest BCUT2D eigenvalue weighted by molar-refractivity contribution is -0.127. The average Bonchev–Trinajstić information content (AvgIpc) is 3.21. The van der Waals surface area contributed by atoms with Crippen molar-refractivity contribution >= 4 is 5.91 Å². The van der Waals surface area contributed by atoms with Crippen molar-refractivity contribution in [1.29, 1.82) is 0 Å². The van der Waals surface area contributed by atoms with Crippen LogP contribution in [-0.4, -0.2) is 38.1 Å². The maximum absolute atomic E-state index is 12.3. The van der Waals surface area contributed by atoms with E-state index in [1.165, 1.54) is 10.7 Å². The Morgan fingerprint density at radius 2 is 2.04 bits per heavy atom. The second kappa shape index (κ2) is 8.51. The summed E-state index contributed by atoms with van der Waals surface area (Å²) in [6, 6.07) is 10.5. The lowest BCUT2D eigenvalue weighted by atomic mass is 10.1. The van der Waals surface area contributed by atoms with Crippen molar-refractivity contribution in [3.05, 3.63) is 70.3 Å². The quantitative estimate of drug-likeness (QED) is 0.672. The molecule has 2 heterocycles. The summed E-state index contributed by atoms with van der Waals surface area (Å²) in [4.78, 5) is 24.3. The van der Waals surface area contributed by atoms with Crippen LogP contribution >= 0.6 is 0 Å². The van der Waals surface area contributed by atoms with E-state index in [9.17, 15) is 9.59 Å². The van der Waals surface area contributed by atoms with E-state index >= 15 is 0 Å². The lowest BCUT2D eigenvalue weighted by Gasteiger charge is -2.17. The van der Waals surface area contributed by atoms with Crippen molar-refractivity contribution in [2.45, 2.75) is 33.4 Å². The van der Waals surface area contributed by atoms with Gasteiger partial charge < -0.3 is 10.1 Å². The lowest BCUT2D eigenvalue weighted by Crippen LogP contribution is -2.39. The predicted octanol–water partition coefficient (Wildman–Crippen LogP) is 1.63. The molecule has 0 aliphatic carbocycles. The van der Waals surface area contributed by atoms with E-state index in [1.807, 2.05) is 32.0 Å². The molecule has 3 aromatic rings. The number of benzene rings is 1. The van der Waals surface area contributed by atoms with Crippen molar-refractivity contribution in [3.63, 3.8) is 0 Å². The van der Waals surface area contributed by atoms with Crippen LogP contribution in [-0.2, 0) is 11.3 Å². The number of nitrogens with zero attached hydrogens (tertiary/aromatic N) is 4. The van der Waals surface area contributed by atoms with Crippen LogP contribution in [0.1, 0.15) is 18.1 Å². The summed E-state index contributed by atoms with van der Waals surface area (Å²) in [5, 5.41) is 11.1. The number of carbonyl (C=O) groups is 1. The monoisotopic (exact) mass is 381 g/mol. The highest BCUT2D eigenvalue weighted by Gasteiger charge is 2.15. The second-order valence-corrected chi connectivity index (χ2v) is 6.45. The van der Waals surface area contributed by atoms with Crippen LogP contribution in [0, 0.1) is 13.8 Å². The molecule has 0 fully saturated rings. The minimum Gasteiger partial charge on any atom is -0.481 e. The molecule has 2 aromatic heterocycles. The van der Waals surface area contributed by atoms with Crippen molar-refractivity contribution in [2.24, 2.45) is 0 Å². The van der Waals surface area contributed by atoms with E-state index in [4.69, 9.17) is 4.74 Å². The third-order valence-electron chi connectivity index (χ3n) is 4.44. The highest BCUT2D eigenvalue weighted by Crippen LogP contribution is 2.21. The van der Waals surface area contributed by atoms with Crippen LogP contribution in [0.4, 0.5) is 0 Å². The summed E-state index contributed by atoms with van der Waals surface area (Å²) in [6.45, 7) is 6.15. The molecule has 0 aliphatic heterocycles. The molecule has 1 atom stereocenters. The van der Waals surface area contributed by atoms with Crippen molar-refractivity contribution in [1.82, 2.24) is 24.9 Å². The number of aryl methyl sites for hydroxylation is 1. The Morgan fingerprint density at radius 3 is 2.79 bits per heavy atom. The van der Waals surface area contributed by atoms with Crippen molar-refractivity contribution in [2.75, 3.05) is 6.54 Å². The molecular weight excluding hydrogens is 358 g/mol. The van der Waals surface area contributed by atoms with Gasteiger partial charge in [-0.05, 0) is 50.1 Å². The van der Waals surface area contributed by atoms with Gasteiger partial charge in [-0.15, -0.1) is 5.10 Å². The van der Waals surface area contributed by atoms with Crippen LogP contribution in [0.25, 0.3) is 5.82 Å². The molecule has 146 valence electrons. The first-order chi connectivity index (χ1) is 13.5. The Bertz CT molecular complexity index is 1010. The zero-order chi connectivity index (χ0) is 20.1. The van der Waals surface area contributed by atoms with E-state index in [0.29, 0.717) is 11.6 Å². The highest BCUT2D eigenvalue weighted by atomic mass is 16.5. The topological polar surface area (TPSA) is 91.0 Å². The SMILES string of the molecule is Cc1cccc(O[C@H](C)C(=O)NCCn2nc(-n3cccn3)ccc2=O)c1C. The maximum atomic E-state index is 12.3. The first-order valence-corrected chi connectivity index (χ1v) is 9.04. The average molecular weight is 381 g/mol. The molecule has 1 aromatic carbocycles. The molecule has 8 nitrogen and oxygen atoms in total. The molecule has 0 bridgehead atoms. The van der Waals surface area contributed by atoms with E-state index in [1.54, 1.807) is 36.1 Å². The number of aromatic nitrogens is 4. The third-order valence-corrected chi connectivity index (χ3v) is 4.44. The van der Waals surface area contributed by atoms with Gasteiger partial charge in [-0.1, -0.05) is 12.1 Å². The minimum absolute atomic E-state index is 0.246. The van der Waals surface area contributed by atoms with Gasteiger partial charge in [0.15, 0.2) is 11.9 Å². The Morgan fingerprint density at radius 1 is 1.21 bits per heavy atom. The Kier molecular flexibility index (Phi) is 5.88. The molecule has 0 radical (unpaired) electrons. The summed E-state index contributed by atoms with van der Waals surface area (Å²) in [6.07, 6.45) is 2.72. The molecule has 8 heteroatoms. The molecule has 0 aliphatic rings. The summed E-state index contributed by atoms with van der Waals surface area (Å²) in [5.41, 5.74) is 1.87. The first kappa shape index (κ1) is 19.3. The summed E-state index contributed by atoms with van der Waals surface area (Å²) >= 11 is 0. The summed E-state index contributed by atoms with van der Waals surface area (Å²) < 4.78 is 8.64. The fourth-order valence-corrected chi connectivity index (χ4v) is 2.65. The zero-order valence-corrected chi connectivity index (χ0v) is 16.1. The van der Waals surface area contributed by atoms with E-state index in [-0.39, 0.29) is 24.6 Å². The number of amides is 1. The summed E-state index contributed by atoms with van der Waals surface area (Å²) in [5.74, 6) is 0.965. The molecule has 0 spiro atoms. The number of ether oxygens (including phenoxy) is 1. The number of hydrogen-bond acceptors (Lipinski definition) is 5. The number of carbonyl (C=O) groups excluding carboxylic acids is 1. The Labute approximate surface area is 162 Å². The highest BCUT2D eigenvalue weighted by molar-refractivity contribution is 5.80. The molecule has 1 N–H and O–H groups in total. The second-order valence-electron chi connectivity index (χ2n) is 6.45. The number of nitrogens with one attached hydrogen (secondary N) is 1. The van der Waals surface area contributed by atoms with Gasteiger partial charge in [0.05, 0.1) is 6.54 Å². The first-order valence-electron chi connectivity index (χ1n) is 9.04. The summed E-state index contributed by atoms with van der Waals surface area (Å²) in [7, 11) is 0. The van der Waals surface area contributed by atoms with Gasteiger partial charge in [-0.25, -0.2) is 9.36 Å². The van der Waals surface area contributed by atoms with E-state index in [0.717, 1.165) is 11.1 Å². The fraction of sp³-hybridized carbons (Fsp3) is 0.300. The van der Waals surface area contributed by atoms with Crippen molar-refractivity contribution < 1.29 is 9.53 Å². The van der Waals surface area contributed by atoms with Crippen LogP contribution in [0.15, 0.2) is 53.6 Å². The van der Waals surface area contributed by atoms with Gasteiger partial charge >= 0.3 is 0 Å². The van der Waals surface area contributed by atoms with Crippen LogP contribution in [0.3, 0.4) is 0 Å². The normalized spacial score (nSPS) is 11.8. The Hall–Kier alpha value is -3.42. The standard InChI is InChI=1S/C20H23N5O3/c1-14-6-4-7-17(15(14)2)28-16(3)20(27)21-11-13-25-19(26)9-8-18(23-25)24-12-5-10-22-24/h4-10,12,16H,11,13H2,1-3H3,(H,21,27)/t16-/m1/s1. The third kappa shape index (κ3) is 4.46. The van der Waals surface area contributed by atoms with Gasteiger partial charge in [0, 0.05) is 25.0 Å². The number of hydrogen-bond donors (Lipinski definition) is 1. The number of rotatable bonds is 7. The largest absolute Gasteiger partial charge is 0.481 e. The van der Waals surface area contributed by atoms with Crippen LogP contribution in [0.2, 0.25) is 0 Å². The molecular formula is C20H23N5O3. The molecule has 0 saturated heterocycles. The van der Waals surface area contributed by atoms with Gasteiger partial charge in [0.1, 0.15) is 5.75 Å². The predicted molar refractivity (Wildman–Crippen MR) is 105 cm³/mol. The molecule has 0 unspecified atom stereocenters. The van der Waals surface area contributed by atoms with E-state index in [2.05, 4.69) is 15.5 Å². The van der Waals surface area contributed by atoms with Gasteiger partial charge in [-0.2, -0.15) is 5.10 Å². The molecule has 28 heavy (non-hydrogen) atoms. The maximum Gasteiger partial charge on any atom is 0.266 e. The zero-order valence-electron chi connectivity index (χ0n) is 16.1. The van der Waals surface area contributed by atoms with Crippen molar-refractivity contribution in [3.8, 4) is 11.6 Å². The van der Waals surface area contributed by atoms with E-state index < -0.39 is 6.10 Å². The molecule has 1 amide bonds. The molecule has 0 saturated carbocycles. The van der Waals surface area contributed by atoms with Gasteiger partial charge in [0.25, 0.3) is 11.5 Å². The minimum atomic E-state index is -0.652. The molecule has 3 rings (SSSR count). The van der Waals surface area contributed by atoms with Gasteiger partial charge in [-0.3, -0.25) is 9.59 Å². The smallest absolute Gasteiger partial charge is 0.266 e. The van der Waals surface area contributed by atoms with Crippen LogP contribution in [0.5, 0.6) is 5.75 Å². The Balaban J connectivity index is 1.57. The van der Waals surface area contributed by atoms with Crippen LogP contribution < -0.4 is 15.6 Å². The fourth-order valence-electron chi connectivity index (χ4n) is 2.65. The van der Waals surface area contributed by atoms with Gasteiger partial charge in [0.2, 0.25) is 0 Å².